The maximum atomic E-state index is 11.7. The van der Waals surface area contributed by atoms with Gasteiger partial charge in [0.25, 0.3) is 0 Å². The summed E-state index contributed by atoms with van der Waals surface area (Å²) in [6, 6.07) is 17.1. The lowest BCUT2D eigenvalue weighted by molar-refractivity contribution is 0.913. The average molecular weight is 209 g/mol. The topological polar surface area (TPSA) is 40.9 Å². The largest absolute Gasteiger partial charge is 0.790 e. The van der Waals surface area contributed by atoms with Crippen LogP contribution in [0.5, 0.6) is 0 Å². The van der Waals surface area contributed by atoms with E-state index in [1.54, 1.807) is 0 Å². The molecule has 1 heterocycles. The van der Waals surface area contributed by atoms with Crippen LogP contribution in [0.2, 0.25) is 0 Å². The van der Waals surface area contributed by atoms with Crippen molar-refractivity contribution in [2.75, 3.05) is 0 Å². The van der Waals surface area contributed by atoms with Gasteiger partial charge in [0.1, 0.15) is 0 Å². The smallest absolute Gasteiger partial charge is 0.0926 e. The third kappa shape index (κ3) is 1.26. The molecule has 3 rings (SSSR count). The lowest BCUT2D eigenvalue weighted by atomic mass is 10.1. The number of aromatic nitrogens is 2. The van der Waals surface area contributed by atoms with Crippen LogP contribution in [0.4, 0.5) is 0 Å². The molecule has 0 aliphatic rings. The van der Waals surface area contributed by atoms with E-state index in [9.17, 15) is 5.21 Å². The second-order valence-corrected chi connectivity index (χ2v) is 3.60. The van der Waals surface area contributed by atoms with E-state index in [1.807, 2.05) is 54.6 Å². The minimum atomic E-state index is 0.621. The Kier molecular flexibility index (Phi) is 1.90. The Morgan fingerprint density at radius 1 is 0.875 bits per heavy atom. The van der Waals surface area contributed by atoms with Crippen LogP contribution < -0.4 is 0 Å². The number of fused-ring (bicyclic) bond motifs is 1. The molecule has 0 saturated heterocycles. The van der Waals surface area contributed by atoms with Crippen LogP contribution in [-0.4, -0.2) is 9.94 Å². The van der Waals surface area contributed by atoms with Crippen LogP contribution in [0.1, 0.15) is 0 Å². The fraction of sp³-hybridized carbons (Fsp3) is 0. The highest BCUT2D eigenvalue weighted by molar-refractivity contribution is 5.93. The molecular weight excluding hydrogens is 200 g/mol. The zero-order valence-electron chi connectivity index (χ0n) is 8.50. The van der Waals surface area contributed by atoms with E-state index in [0.29, 0.717) is 10.5 Å². The van der Waals surface area contributed by atoms with Gasteiger partial charge >= 0.3 is 0 Å². The second-order valence-electron chi connectivity index (χ2n) is 3.60. The standard InChI is InChI=1S/C13H9N2O/c16-15-13(10-6-2-1-3-7-10)11-8-4-5-9-12(11)14-15/h1-9H/q-1. The minimum absolute atomic E-state index is 0.621. The molecule has 78 valence electrons. The molecule has 16 heavy (non-hydrogen) atoms. The monoisotopic (exact) mass is 209 g/mol. The van der Waals surface area contributed by atoms with Gasteiger partial charge in [-0.25, -0.2) is 0 Å². The zero-order chi connectivity index (χ0) is 11.0. The molecule has 0 saturated carbocycles. The van der Waals surface area contributed by atoms with E-state index in [1.165, 1.54) is 0 Å². The maximum absolute atomic E-state index is 11.7. The number of hydrogen-bond donors (Lipinski definition) is 0. The van der Waals surface area contributed by atoms with Gasteiger partial charge in [-0.05, 0) is 6.07 Å². The van der Waals surface area contributed by atoms with Crippen LogP contribution in [0.15, 0.2) is 54.6 Å². The van der Waals surface area contributed by atoms with Crippen molar-refractivity contribution >= 4 is 10.9 Å². The summed E-state index contributed by atoms with van der Waals surface area (Å²) in [5.41, 5.74) is 2.25. The maximum Gasteiger partial charge on any atom is 0.0926 e. The molecule has 0 atom stereocenters. The molecule has 0 spiro atoms. The lowest BCUT2D eigenvalue weighted by Gasteiger charge is -2.09. The van der Waals surface area contributed by atoms with Gasteiger partial charge in [0, 0.05) is 10.9 Å². The normalized spacial score (nSPS) is 10.8. The summed E-state index contributed by atoms with van der Waals surface area (Å²) < 4.78 is 0. The van der Waals surface area contributed by atoms with Gasteiger partial charge in [-0.3, -0.25) is 4.85 Å². The molecule has 0 aliphatic heterocycles. The van der Waals surface area contributed by atoms with Crippen molar-refractivity contribution in [3.8, 4) is 11.3 Å². The second kappa shape index (κ2) is 3.38. The fourth-order valence-electron chi connectivity index (χ4n) is 1.87. The Morgan fingerprint density at radius 3 is 2.38 bits per heavy atom. The van der Waals surface area contributed by atoms with Crippen molar-refractivity contribution in [3.63, 3.8) is 0 Å². The third-order valence-electron chi connectivity index (χ3n) is 2.60. The predicted molar refractivity (Wildman–Crippen MR) is 63.9 cm³/mol. The molecular formula is C13H9N2O-. The Hall–Kier alpha value is -2.29. The Labute approximate surface area is 92.5 Å². The van der Waals surface area contributed by atoms with Crippen molar-refractivity contribution in [2.45, 2.75) is 0 Å². The Morgan fingerprint density at radius 2 is 1.56 bits per heavy atom. The predicted octanol–water partition coefficient (Wildman–Crippen LogP) is 3.05. The van der Waals surface area contributed by atoms with Crippen molar-refractivity contribution in [2.24, 2.45) is 0 Å². The molecule has 0 bridgehead atoms. The van der Waals surface area contributed by atoms with Crippen LogP contribution in [-0.2, 0) is 0 Å². The fourth-order valence-corrected chi connectivity index (χ4v) is 1.87. The molecule has 3 nitrogen and oxygen atoms in total. The van der Waals surface area contributed by atoms with E-state index >= 15 is 0 Å². The van der Waals surface area contributed by atoms with Gasteiger partial charge in [0.05, 0.1) is 11.2 Å². The summed E-state index contributed by atoms with van der Waals surface area (Å²) in [5, 5.41) is 16.6. The van der Waals surface area contributed by atoms with Crippen LogP contribution in [0, 0.1) is 5.21 Å². The minimum Gasteiger partial charge on any atom is -0.790 e. The summed E-state index contributed by atoms with van der Waals surface area (Å²) in [7, 11) is 0. The first-order chi connectivity index (χ1) is 7.86. The highest BCUT2D eigenvalue weighted by Crippen LogP contribution is 2.27. The van der Waals surface area contributed by atoms with Gasteiger partial charge in [-0.1, -0.05) is 48.5 Å². The van der Waals surface area contributed by atoms with Gasteiger partial charge < -0.3 is 5.21 Å². The van der Waals surface area contributed by atoms with Crippen molar-refractivity contribution in [1.29, 1.82) is 0 Å². The van der Waals surface area contributed by atoms with Gasteiger partial charge in [0.15, 0.2) is 0 Å². The molecule has 1 aromatic heterocycles. The first kappa shape index (κ1) is 8.97. The summed E-state index contributed by atoms with van der Waals surface area (Å²) in [5.74, 6) is 0. The summed E-state index contributed by atoms with van der Waals surface area (Å²) in [6.07, 6.45) is 0. The first-order valence-corrected chi connectivity index (χ1v) is 5.07. The number of hydrogen-bond acceptors (Lipinski definition) is 2. The van der Waals surface area contributed by atoms with Crippen molar-refractivity contribution < 1.29 is 0 Å². The highest BCUT2D eigenvalue weighted by Gasteiger charge is 2.07. The first-order valence-electron chi connectivity index (χ1n) is 5.07. The molecule has 0 amide bonds. The molecule has 2 aromatic carbocycles. The molecule has 0 aliphatic carbocycles. The molecule has 0 radical (unpaired) electrons. The van der Waals surface area contributed by atoms with Crippen LogP contribution >= 0.6 is 0 Å². The van der Waals surface area contributed by atoms with Crippen LogP contribution in [0.25, 0.3) is 22.2 Å². The van der Waals surface area contributed by atoms with Gasteiger partial charge in [-0.15, -0.1) is 0 Å². The van der Waals surface area contributed by atoms with E-state index in [0.717, 1.165) is 16.5 Å². The molecule has 0 unspecified atom stereocenters. The van der Waals surface area contributed by atoms with Gasteiger partial charge in [-0.2, -0.15) is 5.10 Å². The van der Waals surface area contributed by atoms with E-state index < -0.39 is 0 Å². The van der Waals surface area contributed by atoms with Crippen LogP contribution in [0.3, 0.4) is 0 Å². The van der Waals surface area contributed by atoms with Gasteiger partial charge in [0.2, 0.25) is 0 Å². The zero-order valence-corrected chi connectivity index (χ0v) is 8.50. The Balaban J connectivity index is 2.35. The SMILES string of the molecule is [O-]n1nc2ccccc2c1-c1ccccc1. The molecule has 3 aromatic rings. The van der Waals surface area contributed by atoms with Crippen molar-refractivity contribution in [1.82, 2.24) is 9.94 Å². The van der Waals surface area contributed by atoms with E-state index in [2.05, 4.69) is 5.10 Å². The van der Waals surface area contributed by atoms with E-state index in [-0.39, 0.29) is 0 Å². The highest BCUT2D eigenvalue weighted by atomic mass is 16.5. The Bertz CT molecular complexity index is 629. The lowest BCUT2D eigenvalue weighted by Crippen LogP contribution is -1.91. The summed E-state index contributed by atoms with van der Waals surface area (Å²) in [4.78, 5) is 0.694. The molecule has 3 heteroatoms. The molecule has 0 N–H and O–H groups in total. The van der Waals surface area contributed by atoms with E-state index in [4.69, 9.17) is 0 Å². The average Bonchev–Trinajstić information content (AvgIpc) is 2.66. The quantitative estimate of drug-likeness (QED) is 0.618. The summed E-state index contributed by atoms with van der Waals surface area (Å²) in [6.45, 7) is 0. The van der Waals surface area contributed by atoms with Crippen molar-refractivity contribution in [3.05, 3.63) is 59.8 Å². The number of rotatable bonds is 1. The number of nitrogens with zero attached hydrogens (tertiary/aromatic N) is 2. The summed E-state index contributed by atoms with van der Waals surface area (Å²) >= 11 is 0. The number of benzene rings is 2. The third-order valence-corrected chi connectivity index (χ3v) is 2.60. The molecule has 0 fully saturated rings.